The Kier molecular flexibility index (Phi) is 3.80. The number of phenolic OH excluding ortho intramolecular Hbond substituents is 2. The average Bonchev–Trinajstić information content (AvgIpc) is 2.19. The van der Waals surface area contributed by atoms with E-state index >= 15 is 0 Å². The molecule has 4 heteroatoms. The summed E-state index contributed by atoms with van der Waals surface area (Å²) in [5.41, 5.74) is 6.54. The lowest BCUT2D eigenvalue weighted by Gasteiger charge is -2.09. The maximum absolute atomic E-state index is 9.42. The van der Waals surface area contributed by atoms with Crippen LogP contribution in [-0.4, -0.2) is 23.4 Å². The van der Waals surface area contributed by atoms with Crippen molar-refractivity contribution < 1.29 is 14.9 Å². The molecule has 1 atom stereocenters. The highest BCUT2D eigenvalue weighted by Crippen LogP contribution is 2.36. The van der Waals surface area contributed by atoms with Gasteiger partial charge in [0.05, 0.1) is 7.11 Å². The number of nitrogens with two attached hydrogens (primary N) is 1. The molecular weight excluding hydrogens is 194 g/mol. The highest BCUT2D eigenvalue weighted by atomic mass is 16.5. The molecule has 0 aliphatic rings. The maximum Gasteiger partial charge on any atom is 0.200 e. The summed E-state index contributed by atoms with van der Waals surface area (Å²) in [4.78, 5) is 0. The number of rotatable bonds is 4. The average molecular weight is 211 g/mol. The van der Waals surface area contributed by atoms with Crippen LogP contribution in [0.2, 0.25) is 0 Å². The van der Waals surface area contributed by atoms with Crippen LogP contribution in [0.1, 0.15) is 18.9 Å². The molecule has 0 unspecified atom stereocenters. The minimum absolute atomic E-state index is 0.118. The van der Waals surface area contributed by atoms with Crippen molar-refractivity contribution in [2.24, 2.45) is 5.73 Å². The molecule has 0 aliphatic heterocycles. The van der Waals surface area contributed by atoms with E-state index in [0.717, 1.165) is 18.4 Å². The van der Waals surface area contributed by atoms with Gasteiger partial charge in [0.25, 0.3) is 0 Å². The summed E-state index contributed by atoms with van der Waals surface area (Å²) in [6.45, 7) is 1.93. The quantitative estimate of drug-likeness (QED) is 0.658. The number of hydrogen-bond acceptors (Lipinski definition) is 4. The molecule has 1 aromatic rings. The molecule has 4 nitrogen and oxygen atoms in total. The van der Waals surface area contributed by atoms with Crippen LogP contribution in [-0.2, 0) is 6.42 Å². The number of phenols is 2. The first kappa shape index (κ1) is 11.7. The largest absolute Gasteiger partial charge is 0.504 e. The summed E-state index contributed by atoms with van der Waals surface area (Å²) in [7, 11) is 1.45. The van der Waals surface area contributed by atoms with E-state index in [1.54, 1.807) is 6.07 Å². The van der Waals surface area contributed by atoms with E-state index in [1.807, 2.05) is 6.92 Å². The molecule has 4 N–H and O–H groups in total. The van der Waals surface area contributed by atoms with Gasteiger partial charge in [-0.05, 0) is 37.5 Å². The molecule has 0 saturated heterocycles. The number of hydrogen-bond donors (Lipinski definition) is 3. The first-order valence-electron chi connectivity index (χ1n) is 4.89. The van der Waals surface area contributed by atoms with Crippen molar-refractivity contribution in [1.29, 1.82) is 0 Å². The van der Waals surface area contributed by atoms with Crippen molar-refractivity contribution in [3.05, 3.63) is 17.7 Å². The summed E-state index contributed by atoms with van der Waals surface area (Å²) in [6, 6.07) is 3.35. The topological polar surface area (TPSA) is 75.7 Å². The molecule has 0 heterocycles. The highest BCUT2D eigenvalue weighted by Gasteiger charge is 2.09. The number of aromatic hydroxyl groups is 2. The third kappa shape index (κ3) is 3.02. The van der Waals surface area contributed by atoms with Gasteiger partial charge in [-0.1, -0.05) is 0 Å². The first-order valence-corrected chi connectivity index (χ1v) is 4.89. The van der Waals surface area contributed by atoms with Gasteiger partial charge in [-0.15, -0.1) is 0 Å². The molecular formula is C11H17NO3. The van der Waals surface area contributed by atoms with Crippen LogP contribution in [0.3, 0.4) is 0 Å². The van der Waals surface area contributed by atoms with Crippen LogP contribution < -0.4 is 10.5 Å². The predicted octanol–water partition coefficient (Wildman–Crippen LogP) is 1.39. The van der Waals surface area contributed by atoms with E-state index in [1.165, 1.54) is 13.2 Å². The van der Waals surface area contributed by atoms with E-state index in [9.17, 15) is 10.2 Å². The van der Waals surface area contributed by atoms with Gasteiger partial charge in [-0.2, -0.15) is 0 Å². The Morgan fingerprint density at radius 3 is 2.60 bits per heavy atom. The van der Waals surface area contributed by atoms with E-state index < -0.39 is 0 Å². The lowest BCUT2D eigenvalue weighted by molar-refractivity contribution is 0.350. The molecule has 15 heavy (non-hydrogen) atoms. The number of aryl methyl sites for hydroxylation is 1. The summed E-state index contributed by atoms with van der Waals surface area (Å²) < 4.78 is 4.93. The van der Waals surface area contributed by atoms with Crippen molar-refractivity contribution in [3.63, 3.8) is 0 Å². The highest BCUT2D eigenvalue weighted by molar-refractivity contribution is 5.51. The Morgan fingerprint density at radius 1 is 1.40 bits per heavy atom. The fourth-order valence-corrected chi connectivity index (χ4v) is 1.34. The van der Waals surface area contributed by atoms with Gasteiger partial charge >= 0.3 is 0 Å². The molecule has 0 fully saturated rings. The van der Waals surface area contributed by atoms with Crippen molar-refractivity contribution >= 4 is 0 Å². The fraction of sp³-hybridized carbons (Fsp3) is 0.455. The van der Waals surface area contributed by atoms with Gasteiger partial charge < -0.3 is 20.7 Å². The van der Waals surface area contributed by atoms with E-state index in [4.69, 9.17) is 10.5 Å². The Balaban J connectivity index is 2.86. The Labute approximate surface area is 89.3 Å². The minimum atomic E-state index is -0.220. The van der Waals surface area contributed by atoms with Crippen LogP contribution in [0.5, 0.6) is 17.2 Å². The van der Waals surface area contributed by atoms with Gasteiger partial charge in [0.15, 0.2) is 11.5 Å². The molecule has 0 saturated carbocycles. The first-order chi connectivity index (χ1) is 7.04. The minimum Gasteiger partial charge on any atom is -0.504 e. The molecule has 1 aromatic carbocycles. The molecule has 0 aliphatic carbocycles. The normalized spacial score (nSPS) is 12.5. The zero-order valence-corrected chi connectivity index (χ0v) is 9.03. The standard InChI is InChI=1S/C11H17NO3/c1-7(12)3-4-8-5-9(13)11(14)10(6-8)15-2/h5-7,13-14H,3-4,12H2,1-2H3/t7-/m1/s1. The van der Waals surface area contributed by atoms with Gasteiger partial charge in [-0.3, -0.25) is 0 Å². The van der Waals surface area contributed by atoms with Gasteiger partial charge in [0, 0.05) is 6.04 Å². The van der Waals surface area contributed by atoms with Crippen LogP contribution in [0, 0.1) is 0 Å². The van der Waals surface area contributed by atoms with Crippen molar-refractivity contribution in [2.45, 2.75) is 25.8 Å². The monoisotopic (exact) mass is 211 g/mol. The van der Waals surface area contributed by atoms with E-state index in [-0.39, 0.29) is 23.3 Å². The van der Waals surface area contributed by atoms with Crippen molar-refractivity contribution in [2.75, 3.05) is 7.11 Å². The molecule has 0 bridgehead atoms. The summed E-state index contributed by atoms with van der Waals surface area (Å²) in [5, 5.41) is 18.8. The molecule has 0 aromatic heterocycles. The lowest BCUT2D eigenvalue weighted by Crippen LogP contribution is -2.15. The van der Waals surface area contributed by atoms with Crippen LogP contribution in [0.4, 0.5) is 0 Å². The second-order valence-corrected chi connectivity index (χ2v) is 3.68. The van der Waals surface area contributed by atoms with Crippen LogP contribution in [0.25, 0.3) is 0 Å². The fourth-order valence-electron chi connectivity index (χ4n) is 1.34. The Hall–Kier alpha value is -1.42. The van der Waals surface area contributed by atoms with Crippen molar-refractivity contribution in [1.82, 2.24) is 0 Å². The van der Waals surface area contributed by atoms with Gasteiger partial charge in [-0.25, -0.2) is 0 Å². The zero-order chi connectivity index (χ0) is 11.4. The number of ether oxygens (including phenoxy) is 1. The summed E-state index contributed by atoms with van der Waals surface area (Å²) >= 11 is 0. The second-order valence-electron chi connectivity index (χ2n) is 3.68. The van der Waals surface area contributed by atoms with E-state index in [2.05, 4.69) is 0 Å². The SMILES string of the molecule is COc1cc(CC[C@@H](C)N)cc(O)c1O. The lowest BCUT2D eigenvalue weighted by atomic mass is 10.1. The summed E-state index contributed by atoms with van der Waals surface area (Å²) in [5.74, 6) is -0.0919. The van der Waals surface area contributed by atoms with E-state index in [0.29, 0.717) is 0 Å². The van der Waals surface area contributed by atoms with Gasteiger partial charge in [0.2, 0.25) is 5.75 Å². The van der Waals surface area contributed by atoms with Gasteiger partial charge in [0.1, 0.15) is 0 Å². The Morgan fingerprint density at radius 2 is 2.07 bits per heavy atom. The summed E-state index contributed by atoms with van der Waals surface area (Å²) in [6.07, 6.45) is 1.58. The van der Waals surface area contributed by atoms with Crippen LogP contribution >= 0.6 is 0 Å². The predicted molar refractivity (Wildman–Crippen MR) is 58.3 cm³/mol. The zero-order valence-electron chi connectivity index (χ0n) is 9.03. The molecule has 0 radical (unpaired) electrons. The second kappa shape index (κ2) is 4.89. The Bertz CT molecular complexity index is 337. The third-order valence-corrected chi connectivity index (χ3v) is 2.22. The molecule has 84 valence electrons. The van der Waals surface area contributed by atoms with Crippen molar-refractivity contribution in [3.8, 4) is 17.2 Å². The molecule has 1 rings (SSSR count). The molecule has 0 spiro atoms. The smallest absolute Gasteiger partial charge is 0.200 e. The molecule has 0 amide bonds. The third-order valence-electron chi connectivity index (χ3n) is 2.22. The maximum atomic E-state index is 9.42. The number of benzene rings is 1. The number of methoxy groups -OCH3 is 1. The van der Waals surface area contributed by atoms with Crippen LogP contribution in [0.15, 0.2) is 12.1 Å².